The second kappa shape index (κ2) is 15.4. The van der Waals surface area contributed by atoms with E-state index in [-0.39, 0.29) is 23.3 Å². The van der Waals surface area contributed by atoms with E-state index in [1.165, 1.54) is 12.4 Å². The van der Waals surface area contributed by atoms with Gasteiger partial charge in [-0.2, -0.15) is 0 Å². The number of aromatic nitrogens is 2. The fraction of sp³-hybridized carbons (Fsp3) is 0.600. The number of likely N-dealkylation sites (tertiary alicyclic amines) is 1. The summed E-state index contributed by atoms with van der Waals surface area (Å²) in [5.41, 5.74) is 4.14. The molecule has 0 saturated carbocycles. The number of nitrogens with one attached hydrogen (secondary N) is 4. The maximum Gasteiger partial charge on any atom is 0.264 e. The molecule has 1 aromatic carbocycles. The van der Waals surface area contributed by atoms with Gasteiger partial charge in [-0.05, 0) is 68.3 Å². The molecule has 2 aliphatic heterocycles. The van der Waals surface area contributed by atoms with Gasteiger partial charge in [0.2, 0.25) is 5.91 Å². The van der Waals surface area contributed by atoms with E-state index in [1.807, 2.05) is 38.8 Å². The van der Waals surface area contributed by atoms with E-state index < -0.39 is 6.43 Å². The lowest BCUT2D eigenvalue weighted by atomic mass is 9.92. The molecule has 4 rings (SSSR count). The molecule has 1 fully saturated rings. The maximum atomic E-state index is 14.6. The fourth-order valence-electron chi connectivity index (χ4n) is 6.01. The molecule has 0 spiro atoms. The second-order valence-electron chi connectivity index (χ2n) is 13.8. The molecule has 11 heteroatoms. The fourth-order valence-corrected chi connectivity index (χ4v) is 6.01. The van der Waals surface area contributed by atoms with E-state index in [4.69, 9.17) is 0 Å². The third-order valence-corrected chi connectivity index (χ3v) is 8.88. The van der Waals surface area contributed by atoms with Crippen molar-refractivity contribution in [2.75, 3.05) is 44.7 Å². The zero-order valence-electron chi connectivity index (χ0n) is 28.6. The van der Waals surface area contributed by atoms with Crippen molar-refractivity contribution in [1.29, 1.82) is 5.41 Å². The van der Waals surface area contributed by atoms with Crippen molar-refractivity contribution in [3.63, 3.8) is 0 Å². The molecule has 252 valence electrons. The Morgan fingerprint density at radius 1 is 1.15 bits per heavy atom. The van der Waals surface area contributed by atoms with Gasteiger partial charge < -0.3 is 20.9 Å². The Morgan fingerprint density at radius 3 is 2.43 bits per heavy atom. The Balaban J connectivity index is 1.58. The Morgan fingerprint density at radius 2 is 1.85 bits per heavy atom. The number of nitrogens with zero attached hydrogens (tertiary/aromatic N) is 4. The van der Waals surface area contributed by atoms with Crippen LogP contribution in [-0.2, 0) is 17.6 Å². The van der Waals surface area contributed by atoms with E-state index in [0.717, 1.165) is 55.6 Å². The van der Waals surface area contributed by atoms with Gasteiger partial charge in [-0.1, -0.05) is 34.6 Å². The first-order chi connectivity index (χ1) is 21.8. The van der Waals surface area contributed by atoms with Crippen LogP contribution in [0.2, 0.25) is 0 Å². The lowest BCUT2D eigenvalue weighted by Gasteiger charge is -2.44. The summed E-state index contributed by atoms with van der Waals surface area (Å²) in [6, 6.07) is 4.23. The molecule has 1 unspecified atom stereocenters. The molecule has 0 bridgehead atoms. The molecule has 1 saturated heterocycles. The van der Waals surface area contributed by atoms with Crippen LogP contribution in [0.1, 0.15) is 84.2 Å². The molecular weight excluding hydrogens is 586 g/mol. The van der Waals surface area contributed by atoms with Crippen LogP contribution < -0.4 is 20.9 Å². The summed E-state index contributed by atoms with van der Waals surface area (Å²) < 4.78 is 29.2. The van der Waals surface area contributed by atoms with Crippen LogP contribution in [0.3, 0.4) is 0 Å². The van der Waals surface area contributed by atoms with Gasteiger partial charge in [0.1, 0.15) is 11.7 Å². The summed E-state index contributed by atoms with van der Waals surface area (Å²) in [7, 11) is 1.87. The number of amides is 1. The zero-order valence-corrected chi connectivity index (χ0v) is 28.6. The first-order valence-electron chi connectivity index (χ1n) is 16.6. The van der Waals surface area contributed by atoms with Gasteiger partial charge in [-0.25, -0.2) is 18.7 Å². The number of hydrogen-bond donors (Lipinski definition) is 4. The van der Waals surface area contributed by atoms with E-state index in [1.54, 1.807) is 6.07 Å². The molecule has 2 aliphatic rings. The number of halogens is 2. The molecule has 0 aliphatic carbocycles. The van der Waals surface area contributed by atoms with Gasteiger partial charge in [0.15, 0.2) is 0 Å². The summed E-state index contributed by atoms with van der Waals surface area (Å²) in [6.45, 7) is 16.2. The maximum absolute atomic E-state index is 14.6. The highest BCUT2D eigenvalue weighted by Crippen LogP contribution is 2.39. The quantitative estimate of drug-likeness (QED) is 0.170. The number of fused-ring (bicyclic) bond motifs is 1. The number of rotatable bonds is 13. The number of allylic oxidation sites excluding steroid dienone is 1. The highest BCUT2D eigenvalue weighted by molar-refractivity contribution is 6.09. The Bertz CT molecular complexity index is 1400. The summed E-state index contributed by atoms with van der Waals surface area (Å²) in [5.74, 6) is 0.495. The third-order valence-electron chi connectivity index (χ3n) is 8.88. The molecule has 2 aromatic rings. The molecule has 3 heterocycles. The number of hydrogen-bond acceptors (Lipinski definition) is 7. The van der Waals surface area contributed by atoms with Gasteiger partial charge >= 0.3 is 0 Å². The van der Waals surface area contributed by atoms with Crippen molar-refractivity contribution in [1.82, 2.24) is 30.8 Å². The normalized spacial score (nSPS) is 16.9. The number of aryl methyl sites for hydroxylation is 1. The van der Waals surface area contributed by atoms with Crippen LogP contribution in [0, 0.1) is 10.8 Å². The van der Waals surface area contributed by atoms with Crippen molar-refractivity contribution in [3.05, 3.63) is 52.7 Å². The van der Waals surface area contributed by atoms with E-state index in [0.29, 0.717) is 60.2 Å². The molecule has 0 radical (unpaired) electrons. The van der Waals surface area contributed by atoms with Gasteiger partial charge in [0.25, 0.3) is 6.43 Å². The van der Waals surface area contributed by atoms with Gasteiger partial charge in [-0.15, -0.1) is 0 Å². The number of amidine groups is 1. The lowest BCUT2D eigenvalue weighted by Crippen LogP contribution is -2.60. The summed E-state index contributed by atoms with van der Waals surface area (Å²) >= 11 is 0. The predicted molar refractivity (Wildman–Crippen MR) is 181 cm³/mol. The minimum absolute atomic E-state index is 0.0211. The van der Waals surface area contributed by atoms with Crippen molar-refractivity contribution >= 4 is 17.4 Å². The Hall–Kier alpha value is -3.44. The average molecular weight is 639 g/mol. The van der Waals surface area contributed by atoms with Crippen LogP contribution in [0.5, 0.6) is 0 Å². The number of alkyl halides is 2. The van der Waals surface area contributed by atoms with Crippen LogP contribution in [-0.4, -0.2) is 78.5 Å². The first kappa shape index (κ1) is 35.4. The van der Waals surface area contributed by atoms with Crippen LogP contribution in [0.15, 0.2) is 35.8 Å². The van der Waals surface area contributed by atoms with Crippen molar-refractivity contribution in [2.45, 2.75) is 92.2 Å². The monoisotopic (exact) mass is 638 g/mol. The molecule has 1 aromatic heterocycles. The summed E-state index contributed by atoms with van der Waals surface area (Å²) in [4.78, 5) is 25.4. The topological polar surface area (TPSA) is 109 Å². The molecule has 1 atom stereocenters. The molecule has 46 heavy (non-hydrogen) atoms. The zero-order chi connectivity index (χ0) is 33.6. The predicted octanol–water partition coefficient (Wildman–Crippen LogP) is 5.47. The summed E-state index contributed by atoms with van der Waals surface area (Å²) in [6.07, 6.45) is 3.72. The lowest BCUT2D eigenvalue weighted by molar-refractivity contribution is -0.120. The number of carbonyl (C=O) groups is 1. The van der Waals surface area contributed by atoms with Crippen molar-refractivity contribution < 1.29 is 13.6 Å². The van der Waals surface area contributed by atoms with Gasteiger partial charge in [-0.3, -0.25) is 15.1 Å². The van der Waals surface area contributed by atoms with Gasteiger partial charge in [0.05, 0.1) is 12.5 Å². The molecular formula is C35H52F2N8O. The smallest absolute Gasteiger partial charge is 0.264 e. The largest absolute Gasteiger partial charge is 0.383 e. The average Bonchev–Trinajstić information content (AvgIpc) is 3.01. The highest BCUT2D eigenvalue weighted by atomic mass is 19.3. The molecule has 9 nitrogen and oxygen atoms in total. The highest BCUT2D eigenvalue weighted by Gasteiger charge is 2.32. The third kappa shape index (κ3) is 8.67. The van der Waals surface area contributed by atoms with E-state index >= 15 is 0 Å². The first-order valence-corrected chi connectivity index (χ1v) is 16.6. The number of likely N-dealkylation sites (N-methyl/N-ethyl adjacent to an activating group) is 1. The number of anilines is 1. The molecule has 1 amide bonds. The minimum atomic E-state index is -2.73. The Labute approximate surface area is 273 Å². The molecule has 4 N–H and O–H groups in total. The number of benzene rings is 1. The van der Waals surface area contributed by atoms with Crippen molar-refractivity contribution in [2.24, 2.45) is 5.41 Å². The minimum Gasteiger partial charge on any atom is -0.383 e. The second-order valence-corrected chi connectivity index (χ2v) is 13.8. The van der Waals surface area contributed by atoms with Crippen LogP contribution >= 0.6 is 0 Å². The van der Waals surface area contributed by atoms with Crippen molar-refractivity contribution in [3.8, 4) is 11.1 Å². The van der Waals surface area contributed by atoms with E-state index in [2.05, 4.69) is 51.6 Å². The standard InChI is InChI=1S/C35H52F2N8O/c1-8-22(3)44-19-25(20-44)43-29(9-2)28(18-39-7)34(38)45-12-10-11-23-13-26(27(33(36)37)14-30(23)45)24-16-40-31(41-17-24)15-32(46)42-21-35(4,5)6/h13-14,16-17,22,25,33,38-39,43H,8-12,15,18-21H2,1-7H3,(H,42,46)/b29-28-,38-34?. The number of carbonyl (C=O) groups excluding carboxylic acids is 1. The Kier molecular flexibility index (Phi) is 11.9. The van der Waals surface area contributed by atoms with E-state index in [9.17, 15) is 19.0 Å². The SMILES string of the molecule is CC/C(NC1CN(C(C)CC)C1)=C(\CNC)C(=N)N1CCCc2cc(-c3cnc(CC(=O)NCC(C)(C)C)nc3)c(C(F)F)cc21. The summed E-state index contributed by atoms with van der Waals surface area (Å²) in [5, 5.41) is 19.2. The van der Waals surface area contributed by atoms with Crippen LogP contribution in [0.25, 0.3) is 11.1 Å². The van der Waals surface area contributed by atoms with Gasteiger partial charge in [0, 0.05) is 79.2 Å². The van der Waals surface area contributed by atoms with Crippen LogP contribution in [0.4, 0.5) is 14.5 Å².